The molecule has 2 aromatic heterocycles. The number of ether oxygens (including phenoxy) is 1. The second-order valence-electron chi connectivity index (χ2n) is 8.57. The molecule has 1 aliphatic rings. The van der Waals surface area contributed by atoms with Crippen molar-refractivity contribution in [2.24, 2.45) is 5.41 Å². The lowest BCUT2D eigenvalue weighted by molar-refractivity contribution is -0.0489. The number of rotatable bonds is 3. The highest BCUT2D eigenvalue weighted by atomic mass is 19.3. The van der Waals surface area contributed by atoms with Crippen LogP contribution >= 0.6 is 0 Å². The molecule has 9 heteroatoms. The smallest absolute Gasteiger partial charge is 0.387 e. The van der Waals surface area contributed by atoms with Gasteiger partial charge in [-0.15, -0.1) is 0 Å². The number of carboxylic acid groups (broad SMARTS) is 1. The van der Waals surface area contributed by atoms with Crippen LogP contribution in [-0.2, 0) is 6.42 Å². The number of aromatic nitrogens is 2. The van der Waals surface area contributed by atoms with Crippen molar-refractivity contribution in [3.8, 4) is 22.8 Å². The summed E-state index contributed by atoms with van der Waals surface area (Å²) in [5, 5.41) is 20.8. The number of halogens is 2. The molecule has 0 amide bonds. The number of H-pyrrole nitrogens is 1. The molecule has 0 saturated heterocycles. The molecule has 0 spiro atoms. The van der Waals surface area contributed by atoms with Crippen molar-refractivity contribution in [3.05, 3.63) is 51.4 Å². The summed E-state index contributed by atoms with van der Waals surface area (Å²) in [7, 11) is 0. The van der Waals surface area contributed by atoms with E-state index in [0.717, 1.165) is 5.56 Å². The van der Waals surface area contributed by atoms with Gasteiger partial charge in [-0.1, -0.05) is 26.8 Å². The maximum atomic E-state index is 13.1. The van der Waals surface area contributed by atoms with Gasteiger partial charge in [0.1, 0.15) is 11.3 Å². The summed E-state index contributed by atoms with van der Waals surface area (Å²) in [4.78, 5) is 30.8. The van der Waals surface area contributed by atoms with Crippen LogP contribution in [0, 0.1) is 5.41 Å². The van der Waals surface area contributed by atoms with Gasteiger partial charge in [0.25, 0.3) is 5.56 Å². The first kappa shape index (κ1) is 20.8. The molecule has 2 heterocycles. The molecule has 1 aromatic carbocycles. The Kier molecular flexibility index (Phi) is 4.72. The van der Waals surface area contributed by atoms with Gasteiger partial charge in [0.05, 0.1) is 5.69 Å². The zero-order valence-corrected chi connectivity index (χ0v) is 17.0. The molecule has 4 rings (SSSR count). The van der Waals surface area contributed by atoms with Crippen molar-refractivity contribution >= 4 is 16.9 Å². The number of alkyl halides is 2. The van der Waals surface area contributed by atoms with Crippen LogP contribution in [0.5, 0.6) is 11.5 Å². The predicted molar refractivity (Wildman–Crippen MR) is 109 cm³/mol. The van der Waals surface area contributed by atoms with Crippen LogP contribution in [0.15, 0.2) is 29.2 Å². The second kappa shape index (κ2) is 7.04. The molecule has 7 nitrogen and oxygen atoms in total. The number of carbonyl (C=O) groups is 1. The van der Waals surface area contributed by atoms with Gasteiger partial charge in [-0.25, -0.2) is 4.79 Å². The van der Waals surface area contributed by atoms with Crippen molar-refractivity contribution in [1.29, 1.82) is 0 Å². The number of aromatic amines is 1. The Bertz CT molecular complexity index is 1280. The van der Waals surface area contributed by atoms with Crippen molar-refractivity contribution < 1.29 is 28.5 Å². The third kappa shape index (κ3) is 3.30. The fourth-order valence-electron chi connectivity index (χ4n) is 4.31. The van der Waals surface area contributed by atoms with Gasteiger partial charge >= 0.3 is 12.6 Å². The highest BCUT2D eigenvalue weighted by molar-refractivity contribution is 5.97. The average Bonchev–Trinajstić information content (AvgIpc) is 2.66. The number of hydrogen-bond acceptors (Lipinski definition) is 5. The fraction of sp³-hybridized carbons (Fsp3) is 0.318. The lowest BCUT2D eigenvalue weighted by atomic mass is 9.67. The molecule has 0 saturated carbocycles. The highest BCUT2D eigenvalue weighted by Crippen LogP contribution is 2.52. The normalized spacial score (nSPS) is 15.6. The summed E-state index contributed by atoms with van der Waals surface area (Å²) >= 11 is 0. The van der Waals surface area contributed by atoms with Crippen LogP contribution in [0.1, 0.15) is 48.2 Å². The van der Waals surface area contributed by atoms with Crippen LogP contribution in [0.2, 0.25) is 0 Å². The minimum atomic E-state index is -3.09. The molecule has 0 radical (unpaired) electrons. The SMILES string of the molecule is CC(C)(C)C1Cc2c(cc(OC(F)F)c3ncccc23)-c2[nH]c(=O)c(C(=O)O)c(O)c21. The van der Waals surface area contributed by atoms with E-state index in [9.17, 15) is 28.6 Å². The second-order valence-corrected chi connectivity index (χ2v) is 8.57. The molecule has 1 aliphatic carbocycles. The van der Waals surface area contributed by atoms with E-state index in [-0.39, 0.29) is 28.4 Å². The zero-order valence-electron chi connectivity index (χ0n) is 17.0. The summed E-state index contributed by atoms with van der Waals surface area (Å²) in [5.74, 6) is -2.70. The third-order valence-corrected chi connectivity index (χ3v) is 5.69. The van der Waals surface area contributed by atoms with Crippen LogP contribution in [0.3, 0.4) is 0 Å². The van der Waals surface area contributed by atoms with Gasteiger partial charge in [0, 0.05) is 22.7 Å². The van der Waals surface area contributed by atoms with Gasteiger partial charge in [-0.05, 0) is 35.4 Å². The quantitative estimate of drug-likeness (QED) is 0.572. The van der Waals surface area contributed by atoms with E-state index in [1.807, 2.05) is 20.8 Å². The third-order valence-electron chi connectivity index (χ3n) is 5.69. The first-order valence-corrected chi connectivity index (χ1v) is 9.59. The molecule has 162 valence electrons. The molecule has 0 aliphatic heterocycles. The van der Waals surface area contributed by atoms with E-state index in [1.165, 1.54) is 12.3 Å². The van der Waals surface area contributed by atoms with Crippen LogP contribution in [0.25, 0.3) is 22.2 Å². The maximum Gasteiger partial charge on any atom is 0.387 e. The lowest BCUT2D eigenvalue weighted by Gasteiger charge is -2.37. The van der Waals surface area contributed by atoms with Crippen molar-refractivity contribution in [2.45, 2.75) is 39.7 Å². The first-order valence-electron chi connectivity index (χ1n) is 9.59. The number of pyridine rings is 2. The number of nitrogens with one attached hydrogen (secondary N) is 1. The minimum Gasteiger partial charge on any atom is -0.506 e. The summed E-state index contributed by atoms with van der Waals surface area (Å²) in [6.45, 7) is 2.72. The highest BCUT2D eigenvalue weighted by Gasteiger charge is 2.39. The van der Waals surface area contributed by atoms with Gasteiger partial charge in [0.15, 0.2) is 11.3 Å². The molecule has 3 aromatic rings. The summed E-state index contributed by atoms with van der Waals surface area (Å²) in [6, 6.07) is 4.75. The van der Waals surface area contributed by atoms with E-state index >= 15 is 0 Å². The Hall–Kier alpha value is -3.49. The zero-order chi connectivity index (χ0) is 22.7. The summed E-state index contributed by atoms with van der Waals surface area (Å²) in [5.41, 5.74) is -0.306. The molecule has 31 heavy (non-hydrogen) atoms. The minimum absolute atomic E-state index is 0.174. The summed E-state index contributed by atoms with van der Waals surface area (Å²) in [6.07, 6.45) is 1.85. The van der Waals surface area contributed by atoms with E-state index in [4.69, 9.17) is 0 Å². The number of aromatic hydroxyl groups is 1. The monoisotopic (exact) mass is 430 g/mol. The van der Waals surface area contributed by atoms with Gasteiger partial charge < -0.3 is 19.9 Å². The standard InChI is InChI=1S/C22H20F2N2O5/c1-22(2,3)12-7-10-9-5-4-6-25-16(9)13(31-21(23)24)8-11(10)17-14(12)18(27)15(20(29)30)19(28)26-17/h4-6,8,12,21H,7H2,1-3H3,(H,29,30)(H2,26,27,28). The van der Waals surface area contributed by atoms with Crippen LogP contribution < -0.4 is 10.3 Å². The number of hydrogen-bond donors (Lipinski definition) is 3. The number of benzene rings is 1. The summed E-state index contributed by atoms with van der Waals surface area (Å²) < 4.78 is 30.8. The molecule has 1 unspecified atom stereocenters. The number of fused-ring (bicyclic) bond motifs is 5. The Morgan fingerprint density at radius 3 is 2.68 bits per heavy atom. The average molecular weight is 430 g/mol. The van der Waals surface area contributed by atoms with E-state index in [1.54, 1.807) is 12.1 Å². The molecule has 1 atom stereocenters. The van der Waals surface area contributed by atoms with Gasteiger partial charge in [-0.2, -0.15) is 8.78 Å². The van der Waals surface area contributed by atoms with E-state index < -0.39 is 34.9 Å². The van der Waals surface area contributed by atoms with Gasteiger partial charge in [-0.3, -0.25) is 9.78 Å². The topological polar surface area (TPSA) is 113 Å². The predicted octanol–water partition coefficient (Wildman–Crippen LogP) is 4.28. The molecular weight excluding hydrogens is 410 g/mol. The molecule has 3 N–H and O–H groups in total. The van der Waals surface area contributed by atoms with Crippen molar-refractivity contribution in [2.75, 3.05) is 0 Å². The number of carboxylic acids is 1. The Morgan fingerprint density at radius 1 is 1.35 bits per heavy atom. The van der Waals surface area contributed by atoms with Crippen LogP contribution in [0.4, 0.5) is 8.78 Å². The molecule has 0 fully saturated rings. The van der Waals surface area contributed by atoms with Crippen molar-refractivity contribution in [1.82, 2.24) is 9.97 Å². The van der Waals surface area contributed by atoms with Gasteiger partial charge in [0.2, 0.25) is 0 Å². The Morgan fingerprint density at radius 2 is 2.06 bits per heavy atom. The Labute approximate surface area is 175 Å². The maximum absolute atomic E-state index is 13.1. The largest absolute Gasteiger partial charge is 0.506 e. The first-order chi connectivity index (χ1) is 14.5. The van der Waals surface area contributed by atoms with Crippen molar-refractivity contribution in [3.63, 3.8) is 0 Å². The van der Waals surface area contributed by atoms with E-state index in [2.05, 4.69) is 14.7 Å². The lowest BCUT2D eigenvalue weighted by Crippen LogP contribution is -2.29. The Balaban J connectivity index is 2.14. The van der Waals surface area contributed by atoms with E-state index in [0.29, 0.717) is 17.4 Å². The molecule has 0 bridgehead atoms. The number of nitrogens with zero attached hydrogens (tertiary/aromatic N) is 1. The van der Waals surface area contributed by atoms with Crippen LogP contribution in [-0.4, -0.2) is 32.8 Å². The molecular formula is C22H20F2N2O5. The fourth-order valence-corrected chi connectivity index (χ4v) is 4.31. The number of aromatic carboxylic acids is 1.